The Morgan fingerprint density at radius 2 is 1.91 bits per heavy atom. The molecule has 1 aliphatic heterocycles. The normalized spacial score (nSPS) is 29.4. The molecular formula is C14H21F3N2O3. The molecule has 5 nitrogen and oxygen atoms in total. The molecule has 1 heterocycles. The molecule has 0 aromatic carbocycles. The van der Waals surface area contributed by atoms with Crippen LogP contribution in [-0.2, 0) is 9.53 Å². The van der Waals surface area contributed by atoms with Crippen molar-refractivity contribution in [2.45, 2.75) is 50.7 Å². The van der Waals surface area contributed by atoms with E-state index in [4.69, 9.17) is 10.5 Å². The molecule has 0 aromatic rings. The summed E-state index contributed by atoms with van der Waals surface area (Å²) >= 11 is 0. The fourth-order valence-electron chi connectivity index (χ4n) is 3.30. The van der Waals surface area contributed by atoms with Crippen molar-refractivity contribution >= 4 is 12.0 Å². The van der Waals surface area contributed by atoms with Crippen LogP contribution in [0.4, 0.5) is 18.0 Å². The van der Waals surface area contributed by atoms with Crippen molar-refractivity contribution in [2.75, 3.05) is 13.2 Å². The van der Waals surface area contributed by atoms with Gasteiger partial charge in [-0.05, 0) is 32.1 Å². The predicted octanol–water partition coefficient (Wildman–Crippen LogP) is 2.44. The van der Waals surface area contributed by atoms with Gasteiger partial charge in [0.05, 0.1) is 17.9 Å². The molecule has 1 aliphatic carbocycles. The molecule has 2 rings (SSSR count). The Hall–Kier alpha value is -1.47. The van der Waals surface area contributed by atoms with E-state index in [9.17, 15) is 22.8 Å². The number of primary amides is 1. The summed E-state index contributed by atoms with van der Waals surface area (Å²) in [5.41, 5.74) is 5.22. The van der Waals surface area contributed by atoms with Crippen molar-refractivity contribution < 1.29 is 27.5 Å². The fourth-order valence-corrected chi connectivity index (χ4v) is 3.30. The van der Waals surface area contributed by atoms with E-state index < -0.39 is 30.0 Å². The first-order valence-electron chi connectivity index (χ1n) is 7.58. The molecular weight excluding hydrogens is 301 g/mol. The van der Waals surface area contributed by atoms with Crippen molar-refractivity contribution in [1.82, 2.24) is 4.90 Å². The van der Waals surface area contributed by atoms with Gasteiger partial charge in [-0.2, -0.15) is 13.2 Å². The van der Waals surface area contributed by atoms with Gasteiger partial charge in [0.15, 0.2) is 0 Å². The molecule has 2 fully saturated rings. The van der Waals surface area contributed by atoms with E-state index in [1.165, 1.54) is 4.90 Å². The van der Waals surface area contributed by atoms with Gasteiger partial charge in [0.1, 0.15) is 6.61 Å². The molecule has 0 bridgehead atoms. The summed E-state index contributed by atoms with van der Waals surface area (Å²) in [6.45, 7) is 0.534. The highest BCUT2D eigenvalue weighted by Gasteiger charge is 2.44. The minimum atomic E-state index is -4.26. The number of esters is 1. The number of nitrogens with two attached hydrogens (primary N) is 1. The molecule has 126 valence electrons. The number of nitrogens with zero attached hydrogens (tertiary/aromatic N) is 1. The van der Waals surface area contributed by atoms with E-state index in [1.54, 1.807) is 0 Å². The molecule has 1 saturated carbocycles. The van der Waals surface area contributed by atoms with Gasteiger partial charge in [0.2, 0.25) is 0 Å². The van der Waals surface area contributed by atoms with E-state index >= 15 is 0 Å². The second-order valence-corrected chi connectivity index (χ2v) is 6.06. The SMILES string of the molecule is NC(=O)N1CCCC1COC(=O)C1CCCC(C(F)(F)F)C1. The molecule has 1 saturated heterocycles. The average molecular weight is 322 g/mol. The molecule has 2 N–H and O–H groups in total. The summed E-state index contributed by atoms with van der Waals surface area (Å²) < 4.78 is 43.4. The monoisotopic (exact) mass is 322 g/mol. The third-order valence-corrected chi connectivity index (χ3v) is 4.55. The van der Waals surface area contributed by atoms with Crippen LogP contribution in [0.1, 0.15) is 38.5 Å². The molecule has 3 unspecified atom stereocenters. The Kier molecular flexibility index (Phi) is 5.18. The molecule has 2 amide bonds. The minimum Gasteiger partial charge on any atom is -0.463 e. The van der Waals surface area contributed by atoms with E-state index in [1.807, 2.05) is 0 Å². The second-order valence-electron chi connectivity index (χ2n) is 6.06. The van der Waals surface area contributed by atoms with Crippen molar-refractivity contribution in [1.29, 1.82) is 0 Å². The van der Waals surface area contributed by atoms with Crippen molar-refractivity contribution in [2.24, 2.45) is 17.6 Å². The Bertz CT molecular complexity index is 428. The van der Waals surface area contributed by atoms with E-state index in [2.05, 4.69) is 0 Å². The third-order valence-electron chi connectivity index (χ3n) is 4.55. The minimum absolute atomic E-state index is 0.00889. The lowest BCUT2D eigenvalue weighted by molar-refractivity contribution is -0.189. The van der Waals surface area contributed by atoms with Crippen LogP contribution < -0.4 is 5.73 Å². The molecule has 0 spiro atoms. The Morgan fingerprint density at radius 1 is 1.18 bits per heavy atom. The summed E-state index contributed by atoms with van der Waals surface area (Å²) in [5.74, 6) is -2.72. The van der Waals surface area contributed by atoms with Gasteiger partial charge < -0.3 is 15.4 Å². The maximum Gasteiger partial charge on any atom is 0.391 e. The maximum absolute atomic E-state index is 12.7. The first kappa shape index (κ1) is 16.9. The van der Waals surface area contributed by atoms with Gasteiger partial charge >= 0.3 is 18.2 Å². The molecule has 0 radical (unpaired) electrons. The van der Waals surface area contributed by atoms with Gasteiger partial charge in [-0.3, -0.25) is 4.79 Å². The lowest BCUT2D eigenvalue weighted by Gasteiger charge is -2.30. The summed E-state index contributed by atoms with van der Waals surface area (Å²) in [7, 11) is 0. The van der Waals surface area contributed by atoms with E-state index in [0.29, 0.717) is 25.8 Å². The van der Waals surface area contributed by atoms with Crippen LogP contribution in [-0.4, -0.2) is 42.3 Å². The number of urea groups is 1. The Morgan fingerprint density at radius 3 is 2.55 bits per heavy atom. The number of hydrogen-bond donors (Lipinski definition) is 1. The number of likely N-dealkylation sites (tertiary alicyclic amines) is 1. The standard InChI is InChI=1S/C14H21F3N2O3/c15-14(16,17)10-4-1-3-9(7-10)12(20)22-8-11-5-2-6-19(11)13(18)21/h9-11H,1-8H2,(H2,18,21). The Balaban J connectivity index is 1.83. The fraction of sp³-hybridized carbons (Fsp3) is 0.857. The maximum atomic E-state index is 12.7. The number of rotatable bonds is 3. The number of ether oxygens (including phenoxy) is 1. The van der Waals surface area contributed by atoms with Crippen LogP contribution in [0.15, 0.2) is 0 Å². The zero-order valence-electron chi connectivity index (χ0n) is 12.3. The highest BCUT2D eigenvalue weighted by Crippen LogP contribution is 2.40. The number of carbonyl (C=O) groups excluding carboxylic acids is 2. The van der Waals surface area contributed by atoms with Crippen molar-refractivity contribution in [3.63, 3.8) is 0 Å². The van der Waals surface area contributed by atoms with Crippen LogP contribution in [0.3, 0.4) is 0 Å². The number of alkyl halides is 3. The van der Waals surface area contributed by atoms with Gasteiger partial charge in [-0.25, -0.2) is 4.79 Å². The lowest BCUT2D eigenvalue weighted by Crippen LogP contribution is -2.42. The van der Waals surface area contributed by atoms with Crippen LogP contribution in [0.5, 0.6) is 0 Å². The van der Waals surface area contributed by atoms with Gasteiger partial charge in [0, 0.05) is 6.54 Å². The Labute approximate surface area is 127 Å². The smallest absolute Gasteiger partial charge is 0.391 e. The highest BCUT2D eigenvalue weighted by atomic mass is 19.4. The van der Waals surface area contributed by atoms with Crippen LogP contribution in [0.25, 0.3) is 0 Å². The number of hydrogen-bond acceptors (Lipinski definition) is 3. The molecule has 8 heteroatoms. The largest absolute Gasteiger partial charge is 0.463 e. The quantitative estimate of drug-likeness (QED) is 0.811. The first-order valence-corrected chi connectivity index (χ1v) is 7.58. The zero-order valence-corrected chi connectivity index (χ0v) is 12.3. The van der Waals surface area contributed by atoms with Gasteiger partial charge in [-0.1, -0.05) is 6.42 Å². The molecule has 3 atom stereocenters. The zero-order chi connectivity index (χ0) is 16.3. The number of halogens is 3. The summed E-state index contributed by atoms with van der Waals surface area (Å²) in [6.07, 6.45) is -2.11. The average Bonchev–Trinajstić information content (AvgIpc) is 2.92. The van der Waals surface area contributed by atoms with Crippen LogP contribution in [0, 0.1) is 11.8 Å². The molecule has 2 aliphatic rings. The molecule has 0 aromatic heterocycles. The predicted molar refractivity (Wildman–Crippen MR) is 71.8 cm³/mol. The lowest BCUT2D eigenvalue weighted by atomic mass is 9.81. The first-order chi connectivity index (χ1) is 10.3. The summed E-state index contributed by atoms with van der Waals surface area (Å²) in [6, 6.07) is -0.822. The topological polar surface area (TPSA) is 72.6 Å². The van der Waals surface area contributed by atoms with Gasteiger partial charge in [0.25, 0.3) is 0 Å². The summed E-state index contributed by atoms with van der Waals surface area (Å²) in [4.78, 5) is 24.6. The van der Waals surface area contributed by atoms with Crippen LogP contribution >= 0.6 is 0 Å². The van der Waals surface area contributed by atoms with E-state index in [0.717, 1.165) is 6.42 Å². The third kappa shape index (κ3) is 4.04. The summed E-state index contributed by atoms with van der Waals surface area (Å²) in [5, 5.41) is 0. The number of carbonyl (C=O) groups is 2. The van der Waals surface area contributed by atoms with E-state index in [-0.39, 0.29) is 25.5 Å². The van der Waals surface area contributed by atoms with Crippen molar-refractivity contribution in [3.05, 3.63) is 0 Å². The second kappa shape index (κ2) is 6.75. The van der Waals surface area contributed by atoms with Crippen molar-refractivity contribution in [3.8, 4) is 0 Å². The number of amides is 2. The van der Waals surface area contributed by atoms with Gasteiger partial charge in [-0.15, -0.1) is 0 Å². The van der Waals surface area contributed by atoms with Crippen LogP contribution in [0.2, 0.25) is 0 Å². The molecule has 22 heavy (non-hydrogen) atoms. The highest BCUT2D eigenvalue weighted by molar-refractivity contribution is 5.73.